The monoisotopic (exact) mass is 744 g/mol. The van der Waals surface area contributed by atoms with Crippen LogP contribution in [0.4, 0.5) is 15.8 Å². The summed E-state index contributed by atoms with van der Waals surface area (Å²) >= 11 is 12.1. The molecule has 0 bridgehead atoms. The minimum atomic E-state index is -1.62. The Kier molecular flexibility index (Phi) is 9.78. The molecular formula is C32H27Cl2FN6O10. The van der Waals surface area contributed by atoms with Crippen LogP contribution >= 0.6 is 23.2 Å². The number of hydroxylamine groups is 8. The molecule has 8 rings (SSSR count). The van der Waals surface area contributed by atoms with Gasteiger partial charge in [0.2, 0.25) is 0 Å². The average Bonchev–Trinajstić information content (AvgIpc) is 3.84. The lowest BCUT2D eigenvalue weighted by Gasteiger charge is -2.21. The van der Waals surface area contributed by atoms with Gasteiger partial charge in [-0.15, -0.1) is 11.0 Å². The van der Waals surface area contributed by atoms with Crippen molar-refractivity contribution in [2.24, 2.45) is 0 Å². The van der Waals surface area contributed by atoms with Gasteiger partial charge >= 0.3 is 23.8 Å². The zero-order valence-electron chi connectivity index (χ0n) is 26.1. The molecule has 2 unspecified atom stereocenters. The highest BCUT2D eigenvalue weighted by molar-refractivity contribution is 6.31. The highest BCUT2D eigenvalue weighted by atomic mass is 35.5. The van der Waals surface area contributed by atoms with E-state index < -0.39 is 36.1 Å². The molecule has 2 saturated heterocycles. The number of anilines is 2. The highest BCUT2D eigenvalue weighted by Crippen LogP contribution is 2.46. The fourth-order valence-electron chi connectivity index (χ4n) is 5.46. The molecule has 0 amide bonds. The molecule has 266 valence electrons. The van der Waals surface area contributed by atoms with Gasteiger partial charge < -0.3 is 10.2 Å². The van der Waals surface area contributed by atoms with Crippen LogP contribution in [0.15, 0.2) is 91.0 Å². The van der Waals surface area contributed by atoms with Crippen LogP contribution in [-0.4, -0.2) is 45.7 Å². The third-order valence-corrected chi connectivity index (χ3v) is 8.11. The first kappa shape index (κ1) is 35.0. The molecule has 16 nitrogen and oxygen atoms in total. The summed E-state index contributed by atoms with van der Waals surface area (Å²) in [6, 6.07) is 25.5. The number of hydrogen-bond donors (Lipinski definition) is 4. The molecule has 4 aromatic rings. The molecule has 4 N–H and O–H groups in total. The number of benzene rings is 4. The van der Waals surface area contributed by atoms with Gasteiger partial charge in [-0.05, 0) is 58.5 Å². The number of nitrogens with zero attached hydrogens (tertiary/aromatic N) is 4. The van der Waals surface area contributed by atoms with Crippen LogP contribution in [0.2, 0.25) is 10.0 Å². The fourth-order valence-corrected chi connectivity index (χ4v) is 5.80. The predicted octanol–water partition coefficient (Wildman–Crippen LogP) is 4.48. The lowest BCUT2D eigenvalue weighted by atomic mass is 10.1. The quantitative estimate of drug-likeness (QED) is 0.199. The number of carboxylic acid groups (broad SMARTS) is 2. The highest BCUT2D eigenvalue weighted by Gasteiger charge is 2.55. The molecule has 4 aromatic carbocycles. The Balaban J connectivity index is 0.000000159. The summed E-state index contributed by atoms with van der Waals surface area (Å²) in [5.74, 6) is -5.67. The van der Waals surface area contributed by atoms with Crippen molar-refractivity contribution in [1.29, 1.82) is 0 Å². The summed E-state index contributed by atoms with van der Waals surface area (Å²) in [6.45, 7) is -0.470. The van der Waals surface area contributed by atoms with E-state index in [0.717, 1.165) is 15.9 Å². The Labute approximate surface area is 298 Å². The van der Waals surface area contributed by atoms with Crippen molar-refractivity contribution in [1.82, 2.24) is 21.4 Å². The van der Waals surface area contributed by atoms with Gasteiger partial charge in [0.25, 0.3) is 0 Å². The molecule has 0 aromatic heterocycles. The Hall–Kier alpha value is -4.47. The fraction of sp³-hybridized carbons (Fsp3) is 0.188. The summed E-state index contributed by atoms with van der Waals surface area (Å²) in [4.78, 5) is 55.6. The molecule has 4 aliphatic rings. The van der Waals surface area contributed by atoms with Crippen molar-refractivity contribution in [3.63, 3.8) is 0 Å². The maximum Gasteiger partial charge on any atom is 0.325 e. The van der Waals surface area contributed by atoms with Gasteiger partial charge in [0.15, 0.2) is 0 Å². The third-order valence-electron chi connectivity index (χ3n) is 7.64. The maximum atomic E-state index is 13.8. The van der Waals surface area contributed by atoms with E-state index in [0.29, 0.717) is 44.7 Å². The Morgan fingerprint density at radius 1 is 0.667 bits per heavy atom. The molecule has 4 heterocycles. The smallest absolute Gasteiger partial charge is 0.325 e. The number of hydrogen-bond acceptors (Lipinski definition) is 14. The zero-order chi connectivity index (χ0) is 35.8. The first-order valence-corrected chi connectivity index (χ1v) is 15.8. The Morgan fingerprint density at radius 2 is 1.16 bits per heavy atom. The van der Waals surface area contributed by atoms with Crippen LogP contribution in [0.25, 0.3) is 0 Å². The molecule has 2 fully saturated rings. The summed E-state index contributed by atoms with van der Waals surface area (Å²) in [6.07, 6.45) is 0. The molecule has 19 heteroatoms. The molecule has 0 aliphatic carbocycles. The molecule has 0 radical (unpaired) electrons. The van der Waals surface area contributed by atoms with E-state index in [4.69, 9.17) is 62.6 Å². The van der Waals surface area contributed by atoms with Crippen LogP contribution in [0.1, 0.15) is 22.3 Å². The van der Waals surface area contributed by atoms with Crippen LogP contribution in [-0.2, 0) is 63.7 Å². The van der Waals surface area contributed by atoms with Gasteiger partial charge in [0.1, 0.15) is 18.9 Å². The van der Waals surface area contributed by atoms with E-state index in [1.807, 2.05) is 30.3 Å². The van der Waals surface area contributed by atoms with Crippen molar-refractivity contribution >= 4 is 46.5 Å². The minimum absolute atomic E-state index is 0.0282. The van der Waals surface area contributed by atoms with Crippen LogP contribution in [0.3, 0.4) is 0 Å². The summed E-state index contributed by atoms with van der Waals surface area (Å²) in [5.41, 5.74) is 8.51. The van der Waals surface area contributed by atoms with E-state index >= 15 is 0 Å². The predicted molar refractivity (Wildman–Crippen MR) is 173 cm³/mol. The number of halogens is 3. The van der Waals surface area contributed by atoms with E-state index in [9.17, 15) is 14.0 Å². The van der Waals surface area contributed by atoms with Crippen molar-refractivity contribution in [2.75, 3.05) is 23.2 Å². The van der Waals surface area contributed by atoms with Crippen LogP contribution in [0, 0.1) is 5.82 Å². The van der Waals surface area contributed by atoms with Crippen LogP contribution in [0.5, 0.6) is 0 Å². The zero-order valence-corrected chi connectivity index (χ0v) is 27.6. The second kappa shape index (κ2) is 14.3. The summed E-state index contributed by atoms with van der Waals surface area (Å²) in [7, 11) is 0. The van der Waals surface area contributed by atoms with E-state index in [1.54, 1.807) is 54.6 Å². The number of carbonyl (C=O) groups is 2. The van der Waals surface area contributed by atoms with E-state index in [-0.39, 0.29) is 13.1 Å². The van der Waals surface area contributed by atoms with E-state index in [2.05, 4.69) is 11.0 Å². The van der Waals surface area contributed by atoms with Gasteiger partial charge in [-0.2, -0.15) is 9.88 Å². The third kappa shape index (κ3) is 7.32. The van der Waals surface area contributed by atoms with Crippen LogP contribution < -0.4 is 21.1 Å². The maximum absolute atomic E-state index is 13.8. The largest absolute Gasteiger partial charge is 0.480 e. The number of rotatable bonds is 8. The molecular weight excluding hydrogens is 718 g/mol. The molecule has 4 aliphatic heterocycles. The summed E-state index contributed by atoms with van der Waals surface area (Å²) < 4.78 is 13.8. The minimum Gasteiger partial charge on any atom is -0.480 e. The lowest BCUT2D eigenvalue weighted by Crippen LogP contribution is -2.41. The molecule has 2 spiro atoms. The summed E-state index contributed by atoms with van der Waals surface area (Å²) in [5, 5.41) is 23.6. The van der Waals surface area contributed by atoms with E-state index in [1.165, 1.54) is 16.4 Å². The second-order valence-corrected chi connectivity index (χ2v) is 12.1. The van der Waals surface area contributed by atoms with Gasteiger partial charge in [-0.3, -0.25) is 9.59 Å². The van der Waals surface area contributed by atoms with Gasteiger partial charge in [0.05, 0.1) is 35.6 Å². The SMILES string of the molecule is O=C(O)CN1OC2(NON(Cc3ccccc3)O2)c2cc(Cl)ccc21.O=C(O)CN1OC2(NON(Cc3ccccc3F)O2)c2cc(Cl)ccc21. The normalized spacial score (nSPS) is 22.3. The first-order valence-electron chi connectivity index (χ1n) is 15.1. The van der Waals surface area contributed by atoms with Crippen molar-refractivity contribution in [3.8, 4) is 0 Å². The lowest BCUT2D eigenvalue weighted by molar-refractivity contribution is -0.368. The standard InChI is InChI=1S/C16H13ClFN3O5.C16H14ClN3O5/c17-11-5-6-14-12(7-11)16(24-20(14)9-15(22)23)19-26-21(25-16)8-10-3-1-2-4-13(10)18;17-12-6-7-14-13(8-12)16(23-19(14)10-15(21)22)18-25-20(24-16)9-11-4-2-1-3-5-11/h1-7,19H,8-9H2,(H,22,23);1-8,18H,9-10H2,(H,21,22). The van der Waals surface area contributed by atoms with Gasteiger partial charge in [-0.25, -0.2) is 33.9 Å². The molecule has 2 atom stereocenters. The molecule has 0 saturated carbocycles. The van der Waals surface area contributed by atoms with Crippen molar-refractivity contribution in [3.05, 3.63) is 129 Å². The Morgan fingerprint density at radius 3 is 1.67 bits per heavy atom. The average molecular weight is 746 g/mol. The second-order valence-electron chi connectivity index (χ2n) is 11.2. The Bertz CT molecular complexity index is 1950. The first-order chi connectivity index (χ1) is 24.5. The van der Waals surface area contributed by atoms with Gasteiger partial charge in [0, 0.05) is 15.6 Å². The van der Waals surface area contributed by atoms with Crippen molar-refractivity contribution in [2.45, 2.75) is 24.9 Å². The van der Waals surface area contributed by atoms with Gasteiger partial charge in [-0.1, -0.05) is 71.7 Å². The number of nitrogens with one attached hydrogen (secondary N) is 2. The number of aliphatic carboxylic acids is 2. The van der Waals surface area contributed by atoms with Crippen molar-refractivity contribution < 1.29 is 53.4 Å². The molecule has 51 heavy (non-hydrogen) atoms. The number of carboxylic acids is 2. The number of fused-ring (bicyclic) bond motifs is 4. The topological polar surface area (TPSA) is 167 Å².